The first-order valence-corrected chi connectivity index (χ1v) is 8.44. The number of H-pyrrole nitrogens is 1. The molecule has 1 saturated heterocycles. The van der Waals surface area contributed by atoms with Crippen LogP contribution in [-0.2, 0) is 4.74 Å². The van der Waals surface area contributed by atoms with Gasteiger partial charge in [0.2, 0.25) is 5.56 Å². The van der Waals surface area contributed by atoms with Crippen LogP contribution in [0.5, 0.6) is 0 Å². The Kier molecular flexibility index (Phi) is 5.22. The van der Waals surface area contributed by atoms with E-state index in [0.717, 1.165) is 26.3 Å². The van der Waals surface area contributed by atoms with Gasteiger partial charge < -0.3 is 15.0 Å². The molecule has 6 nitrogen and oxygen atoms in total. The van der Waals surface area contributed by atoms with Gasteiger partial charge in [-0.15, -0.1) is 11.3 Å². The van der Waals surface area contributed by atoms with E-state index in [9.17, 15) is 9.59 Å². The number of nitrogens with one attached hydrogen (secondary N) is 2. The van der Waals surface area contributed by atoms with Crippen molar-refractivity contribution < 1.29 is 9.53 Å². The van der Waals surface area contributed by atoms with Gasteiger partial charge in [0.05, 0.1) is 24.8 Å². The summed E-state index contributed by atoms with van der Waals surface area (Å²) in [5, 5.41) is 5.02. The highest BCUT2D eigenvalue weighted by Crippen LogP contribution is 2.25. The number of aromatic nitrogens is 1. The van der Waals surface area contributed by atoms with Crippen LogP contribution < -0.4 is 10.9 Å². The van der Waals surface area contributed by atoms with Gasteiger partial charge in [0.1, 0.15) is 0 Å². The number of rotatable bonds is 5. The molecule has 2 N–H and O–H groups in total. The van der Waals surface area contributed by atoms with Crippen LogP contribution >= 0.6 is 11.3 Å². The fourth-order valence-corrected chi connectivity index (χ4v) is 3.48. The van der Waals surface area contributed by atoms with Crippen molar-refractivity contribution in [3.05, 3.63) is 56.6 Å². The van der Waals surface area contributed by atoms with Crippen molar-refractivity contribution in [2.45, 2.75) is 6.04 Å². The number of ether oxygens (including phenoxy) is 1. The molecule has 0 unspecified atom stereocenters. The minimum atomic E-state index is -0.216. The Morgan fingerprint density at radius 1 is 1.35 bits per heavy atom. The Labute approximate surface area is 138 Å². The first-order chi connectivity index (χ1) is 11.2. The van der Waals surface area contributed by atoms with Crippen LogP contribution in [-0.4, -0.2) is 48.6 Å². The predicted molar refractivity (Wildman–Crippen MR) is 88.8 cm³/mol. The van der Waals surface area contributed by atoms with E-state index in [1.807, 2.05) is 11.4 Å². The van der Waals surface area contributed by atoms with E-state index in [-0.39, 0.29) is 17.5 Å². The molecule has 7 heteroatoms. The maximum Gasteiger partial charge on any atom is 0.252 e. The van der Waals surface area contributed by atoms with Crippen molar-refractivity contribution in [3.8, 4) is 0 Å². The Hall–Kier alpha value is -1.96. The van der Waals surface area contributed by atoms with E-state index >= 15 is 0 Å². The minimum absolute atomic E-state index is 0.144. The average molecular weight is 333 g/mol. The molecular weight excluding hydrogens is 314 g/mol. The van der Waals surface area contributed by atoms with Gasteiger partial charge >= 0.3 is 0 Å². The second-order valence-corrected chi connectivity index (χ2v) is 6.31. The molecule has 1 aliphatic rings. The van der Waals surface area contributed by atoms with E-state index in [1.54, 1.807) is 11.3 Å². The first kappa shape index (κ1) is 15.9. The Balaban J connectivity index is 1.67. The smallest absolute Gasteiger partial charge is 0.252 e. The van der Waals surface area contributed by atoms with E-state index in [1.165, 1.54) is 23.2 Å². The number of carbonyl (C=O) groups excluding carboxylic acids is 1. The molecular formula is C16H19N3O3S. The van der Waals surface area contributed by atoms with Gasteiger partial charge in [-0.25, -0.2) is 0 Å². The number of hydrogen-bond donors (Lipinski definition) is 2. The van der Waals surface area contributed by atoms with Crippen LogP contribution in [0.4, 0.5) is 0 Å². The summed E-state index contributed by atoms with van der Waals surface area (Å²) in [6.45, 7) is 3.68. The molecule has 2 aromatic rings. The molecule has 122 valence electrons. The fraction of sp³-hybridized carbons (Fsp3) is 0.375. The largest absolute Gasteiger partial charge is 0.379 e. The summed E-state index contributed by atoms with van der Waals surface area (Å²) < 4.78 is 5.41. The molecule has 1 aliphatic heterocycles. The number of pyridine rings is 1. The number of amides is 1. The highest BCUT2D eigenvalue weighted by atomic mass is 32.1. The Bertz CT molecular complexity index is 672. The molecule has 0 radical (unpaired) electrons. The van der Waals surface area contributed by atoms with Crippen molar-refractivity contribution in [1.82, 2.24) is 15.2 Å². The van der Waals surface area contributed by atoms with Gasteiger partial charge in [-0.1, -0.05) is 6.07 Å². The Morgan fingerprint density at radius 3 is 2.83 bits per heavy atom. The molecule has 2 aromatic heterocycles. The van der Waals surface area contributed by atoms with Crippen LogP contribution in [0.15, 0.2) is 40.6 Å². The topological polar surface area (TPSA) is 74.4 Å². The minimum Gasteiger partial charge on any atom is -0.379 e. The van der Waals surface area contributed by atoms with Crippen molar-refractivity contribution in [2.24, 2.45) is 0 Å². The summed E-state index contributed by atoms with van der Waals surface area (Å²) in [7, 11) is 0. The number of hydrogen-bond acceptors (Lipinski definition) is 5. The summed E-state index contributed by atoms with van der Waals surface area (Å²) >= 11 is 1.69. The summed E-state index contributed by atoms with van der Waals surface area (Å²) in [6, 6.07) is 7.15. The van der Waals surface area contributed by atoms with Gasteiger partial charge in [0, 0.05) is 36.8 Å². The SMILES string of the molecule is O=C(NC[C@@H](c1cccs1)N1CCOCC1)c1ccc(=O)[nH]c1. The highest BCUT2D eigenvalue weighted by molar-refractivity contribution is 7.10. The molecule has 23 heavy (non-hydrogen) atoms. The molecule has 0 spiro atoms. The molecule has 0 saturated carbocycles. The molecule has 3 heterocycles. The van der Waals surface area contributed by atoms with Gasteiger partial charge in [0.15, 0.2) is 0 Å². The monoisotopic (exact) mass is 333 g/mol. The predicted octanol–water partition coefficient (Wildman–Crippen LogP) is 1.24. The number of aromatic amines is 1. The van der Waals surface area contributed by atoms with Gasteiger partial charge in [0.25, 0.3) is 5.91 Å². The van der Waals surface area contributed by atoms with Gasteiger partial charge in [-0.2, -0.15) is 0 Å². The van der Waals surface area contributed by atoms with Gasteiger partial charge in [-0.3, -0.25) is 14.5 Å². The van der Waals surface area contributed by atoms with Crippen LogP contribution in [0.3, 0.4) is 0 Å². The van der Waals surface area contributed by atoms with Crippen LogP contribution in [0.2, 0.25) is 0 Å². The summed E-state index contributed by atoms with van der Waals surface area (Å²) in [5.41, 5.74) is 0.239. The number of nitrogens with zero attached hydrogens (tertiary/aromatic N) is 1. The van der Waals surface area contributed by atoms with Crippen molar-refractivity contribution in [1.29, 1.82) is 0 Å². The molecule has 0 bridgehead atoms. The third-order valence-corrected chi connectivity index (χ3v) is 4.83. The standard InChI is InChI=1S/C16H19N3O3S/c20-15-4-3-12(10-17-15)16(21)18-11-13(14-2-1-9-23-14)19-5-7-22-8-6-19/h1-4,9-10,13H,5-8,11H2,(H,17,20)(H,18,21)/t13-/m0/s1. The number of thiophene rings is 1. The van der Waals surface area contributed by atoms with Crippen LogP contribution in [0.1, 0.15) is 21.3 Å². The van der Waals surface area contributed by atoms with E-state index < -0.39 is 0 Å². The van der Waals surface area contributed by atoms with Crippen molar-refractivity contribution in [3.63, 3.8) is 0 Å². The number of morpholine rings is 1. The zero-order chi connectivity index (χ0) is 16.1. The fourth-order valence-electron chi connectivity index (χ4n) is 2.62. The third kappa shape index (κ3) is 4.07. The van der Waals surface area contributed by atoms with E-state index in [2.05, 4.69) is 21.3 Å². The molecule has 1 fully saturated rings. The van der Waals surface area contributed by atoms with Gasteiger partial charge in [-0.05, 0) is 17.5 Å². The lowest BCUT2D eigenvalue weighted by Gasteiger charge is -2.34. The van der Waals surface area contributed by atoms with Crippen LogP contribution in [0, 0.1) is 0 Å². The zero-order valence-electron chi connectivity index (χ0n) is 12.7. The zero-order valence-corrected chi connectivity index (χ0v) is 13.5. The maximum absolute atomic E-state index is 12.2. The van der Waals surface area contributed by atoms with Crippen LogP contribution in [0.25, 0.3) is 0 Å². The summed E-state index contributed by atoms with van der Waals surface area (Å²) in [5.74, 6) is -0.184. The first-order valence-electron chi connectivity index (χ1n) is 7.56. The lowest BCUT2D eigenvalue weighted by atomic mass is 10.1. The third-order valence-electron chi connectivity index (χ3n) is 3.86. The molecule has 0 aliphatic carbocycles. The molecule has 1 atom stereocenters. The quantitative estimate of drug-likeness (QED) is 0.863. The maximum atomic E-state index is 12.2. The Morgan fingerprint density at radius 2 is 2.17 bits per heavy atom. The molecule has 1 amide bonds. The van der Waals surface area contributed by atoms with Crippen molar-refractivity contribution >= 4 is 17.2 Å². The van der Waals surface area contributed by atoms with Crippen molar-refractivity contribution in [2.75, 3.05) is 32.8 Å². The van der Waals surface area contributed by atoms with E-state index in [0.29, 0.717) is 12.1 Å². The van der Waals surface area contributed by atoms with E-state index in [4.69, 9.17) is 4.74 Å². The molecule has 0 aromatic carbocycles. The summed E-state index contributed by atoms with van der Waals surface area (Å²) in [6.07, 6.45) is 1.44. The lowest BCUT2D eigenvalue weighted by Crippen LogP contribution is -2.43. The second-order valence-electron chi connectivity index (χ2n) is 5.33. The summed E-state index contributed by atoms with van der Waals surface area (Å²) in [4.78, 5) is 29.4. The molecule has 3 rings (SSSR count). The second kappa shape index (κ2) is 7.54. The lowest BCUT2D eigenvalue weighted by molar-refractivity contribution is 0.0169. The number of carbonyl (C=O) groups is 1. The normalized spacial score (nSPS) is 16.9. The average Bonchev–Trinajstić information content (AvgIpc) is 3.11. The highest BCUT2D eigenvalue weighted by Gasteiger charge is 2.24.